The number of hydrogen-bond donors (Lipinski definition) is 2. The summed E-state index contributed by atoms with van der Waals surface area (Å²) in [5.74, 6) is 1.46. The number of rotatable bonds is 8. The number of aliphatic hydroxyl groups excluding tert-OH is 2. The lowest BCUT2D eigenvalue weighted by Crippen LogP contribution is -2.19. The van der Waals surface area contributed by atoms with Gasteiger partial charge in [0.2, 0.25) is 6.29 Å². The van der Waals surface area contributed by atoms with Crippen molar-refractivity contribution < 1.29 is 19.7 Å². The first-order valence-electron chi connectivity index (χ1n) is 7.44. The second-order valence-electron chi connectivity index (χ2n) is 5.04. The molecule has 0 aliphatic heterocycles. The Morgan fingerprint density at radius 2 is 1.09 bits per heavy atom. The Kier molecular flexibility index (Phi) is 6.25. The normalized spacial score (nSPS) is 10.7. The fourth-order valence-electron chi connectivity index (χ4n) is 2.13. The minimum atomic E-state index is -0.410. The summed E-state index contributed by atoms with van der Waals surface area (Å²) in [6.45, 7) is 2.13. The first kappa shape index (κ1) is 16.3. The molecule has 0 spiro atoms. The van der Waals surface area contributed by atoms with E-state index >= 15 is 0 Å². The van der Waals surface area contributed by atoms with E-state index in [1.54, 1.807) is 0 Å². The third-order valence-corrected chi connectivity index (χ3v) is 3.25. The fraction of sp³-hybridized carbons (Fsp3) is 0.333. The number of aliphatic hydroxyl groups is 2. The molecule has 4 nitrogen and oxygen atoms in total. The first-order chi connectivity index (χ1) is 10.7. The topological polar surface area (TPSA) is 58.9 Å². The van der Waals surface area contributed by atoms with Crippen molar-refractivity contribution in [2.75, 3.05) is 13.2 Å². The molecule has 0 aliphatic carbocycles. The van der Waals surface area contributed by atoms with E-state index in [0.717, 1.165) is 22.6 Å². The van der Waals surface area contributed by atoms with Crippen LogP contribution in [0, 0.1) is 0 Å². The second kappa shape index (κ2) is 8.41. The lowest BCUT2D eigenvalue weighted by Gasteiger charge is -2.17. The highest BCUT2D eigenvalue weighted by Gasteiger charge is 2.06. The van der Waals surface area contributed by atoms with Crippen LogP contribution in [0.1, 0.15) is 18.1 Å². The molecule has 22 heavy (non-hydrogen) atoms. The number of hydrogen-bond acceptors (Lipinski definition) is 4. The molecule has 2 aromatic carbocycles. The molecule has 0 amide bonds. The zero-order chi connectivity index (χ0) is 15.8. The quantitative estimate of drug-likeness (QED) is 0.736. The summed E-state index contributed by atoms with van der Waals surface area (Å²) in [7, 11) is 0. The van der Waals surface area contributed by atoms with Crippen LogP contribution in [0.25, 0.3) is 0 Å². The van der Waals surface area contributed by atoms with Crippen LogP contribution in [0.4, 0.5) is 0 Å². The van der Waals surface area contributed by atoms with Gasteiger partial charge in [0.15, 0.2) is 0 Å². The van der Waals surface area contributed by atoms with Crippen molar-refractivity contribution in [3.63, 3.8) is 0 Å². The average molecular weight is 302 g/mol. The average Bonchev–Trinajstić information content (AvgIpc) is 2.52. The molecule has 0 saturated heterocycles. The summed E-state index contributed by atoms with van der Waals surface area (Å²) in [4.78, 5) is 0. The Morgan fingerprint density at radius 3 is 1.41 bits per heavy atom. The summed E-state index contributed by atoms with van der Waals surface area (Å²) >= 11 is 0. The molecule has 2 aromatic rings. The second-order valence-corrected chi connectivity index (χ2v) is 5.04. The van der Waals surface area contributed by atoms with Crippen molar-refractivity contribution in [1.82, 2.24) is 0 Å². The molecule has 0 heterocycles. The molecule has 0 aromatic heterocycles. The van der Waals surface area contributed by atoms with Gasteiger partial charge >= 0.3 is 0 Å². The molecule has 0 fully saturated rings. The van der Waals surface area contributed by atoms with E-state index in [-0.39, 0.29) is 13.2 Å². The lowest BCUT2D eigenvalue weighted by atomic mass is 10.1. The summed E-state index contributed by atoms with van der Waals surface area (Å²) in [5.41, 5.74) is 2.14. The monoisotopic (exact) mass is 302 g/mol. The van der Waals surface area contributed by atoms with E-state index in [1.807, 2.05) is 55.5 Å². The van der Waals surface area contributed by atoms with Crippen molar-refractivity contribution in [2.45, 2.75) is 26.1 Å². The molecular formula is C18H22O4. The van der Waals surface area contributed by atoms with E-state index < -0.39 is 6.29 Å². The molecule has 118 valence electrons. The first-order valence-corrected chi connectivity index (χ1v) is 7.44. The Morgan fingerprint density at radius 1 is 0.727 bits per heavy atom. The summed E-state index contributed by atoms with van der Waals surface area (Å²) in [6, 6.07) is 15.2. The van der Waals surface area contributed by atoms with Crippen LogP contribution < -0.4 is 9.47 Å². The molecule has 2 N–H and O–H groups in total. The third-order valence-electron chi connectivity index (χ3n) is 3.25. The van der Waals surface area contributed by atoms with Crippen LogP contribution in [0.2, 0.25) is 0 Å². The SMILES string of the molecule is CC(Oc1ccc(CCO)cc1)Oc1ccc(CCO)cc1. The van der Waals surface area contributed by atoms with Gasteiger partial charge in [0.1, 0.15) is 11.5 Å². The Balaban J connectivity index is 1.87. The highest BCUT2D eigenvalue weighted by molar-refractivity contribution is 5.29. The van der Waals surface area contributed by atoms with Crippen molar-refractivity contribution in [1.29, 1.82) is 0 Å². The largest absolute Gasteiger partial charge is 0.455 e. The van der Waals surface area contributed by atoms with Crippen LogP contribution in [-0.4, -0.2) is 29.7 Å². The molecule has 0 bridgehead atoms. The predicted octanol–water partition coefficient (Wildman–Crippen LogP) is 2.56. The maximum absolute atomic E-state index is 8.89. The van der Waals surface area contributed by atoms with Gasteiger partial charge in [0.25, 0.3) is 0 Å². The number of ether oxygens (including phenoxy) is 2. The van der Waals surface area contributed by atoms with Crippen molar-refractivity contribution in [3.8, 4) is 11.5 Å². The lowest BCUT2D eigenvalue weighted by molar-refractivity contribution is 0.0223. The maximum Gasteiger partial charge on any atom is 0.238 e. The van der Waals surface area contributed by atoms with Crippen LogP contribution in [0.15, 0.2) is 48.5 Å². The molecule has 0 radical (unpaired) electrons. The van der Waals surface area contributed by atoms with Gasteiger partial charge in [-0.25, -0.2) is 0 Å². The number of benzene rings is 2. The van der Waals surface area contributed by atoms with Gasteiger partial charge in [0, 0.05) is 20.1 Å². The standard InChI is InChI=1S/C18H22O4/c1-14(21-17-6-2-15(3-7-17)10-12-19)22-18-8-4-16(5-9-18)11-13-20/h2-9,14,19-20H,10-13H2,1H3. The van der Waals surface area contributed by atoms with Crippen LogP contribution in [-0.2, 0) is 12.8 Å². The van der Waals surface area contributed by atoms with Gasteiger partial charge in [0.05, 0.1) is 0 Å². The highest BCUT2D eigenvalue weighted by atomic mass is 16.7. The molecule has 0 atom stereocenters. The molecular weight excluding hydrogens is 280 g/mol. The maximum atomic E-state index is 8.89. The third kappa shape index (κ3) is 5.06. The van der Waals surface area contributed by atoms with Crippen molar-refractivity contribution in [3.05, 3.63) is 59.7 Å². The van der Waals surface area contributed by atoms with E-state index in [0.29, 0.717) is 12.8 Å². The van der Waals surface area contributed by atoms with Crippen LogP contribution >= 0.6 is 0 Å². The van der Waals surface area contributed by atoms with E-state index in [4.69, 9.17) is 19.7 Å². The van der Waals surface area contributed by atoms with Crippen LogP contribution in [0.3, 0.4) is 0 Å². The molecule has 2 rings (SSSR count). The minimum Gasteiger partial charge on any atom is -0.455 e. The van der Waals surface area contributed by atoms with Crippen molar-refractivity contribution in [2.24, 2.45) is 0 Å². The zero-order valence-corrected chi connectivity index (χ0v) is 12.7. The zero-order valence-electron chi connectivity index (χ0n) is 12.7. The van der Waals surface area contributed by atoms with E-state index in [2.05, 4.69) is 0 Å². The predicted molar refractivity (Wildman–Crippen MR) is 85.2 cm³/mol. The van der Waals surface area contributed by atoms with Gasteiger partial charge in [-0.3, -0.25) is 0 Å². The Labute approximate surface area is 130 Å². The molecule has 0 aliphatic rings. The Bertz CT molecular complexity index is 497. The fourth-order valence-corrected chi connectivity index (χ4v) is 2.13. The smallest absolute Gasteiger partial charge is 0.238 e. The highest BCUT2D eigenvalue weighted by Crippen LogP contribution is 2.18. The summed E-state index contributed by atoms with van der Waals surface area (Å²) in [6.07, 6.45) is 0.881. The van der Waals surface area contributed by atoms with E-state index in [1.165, 1.54) is 0 Å². The van der Waals surface area contributed by atoms with Gasteiger partial charge in [-0.05, 0) is 48.2 Å². The van der Waals surface area contributed by atoms with Gasteiger partial charge < -0.3 is 19.7 Å². The summed E-state index contributed by atoms with van der Waals surface area (Å²) < 4.78 is 11.4. The molecule has 4 heteroatoms. The van der Waals surface area contributed by atoms with Gasteiger partial charge in [-0.1, -0.05) is 24.3 Å². The van der Waals surface area contributed by atoms with Crippen LogP contribution in [0.5, 0.6) is 11.5 Å². The summed E-state index contributed by atoms with van der Waals surface area (Å²) in [5, 5.41) is 17.8. The Hall–Kier alpha value is -2.04. The van der Waals surface area contributed by atoms with E-state index in [9.17, 15) is 0 Å². The van der Waals surface area contributed by atoms with Gasteiger partial charge in [-0.15, -0.1) is 0 Å². The minimum absolute atomic E-state index is 0.145. The molecule has 0 unspecified atom stereocenters. The van der Waals surface area contributed by atoms with Crippen molar-refractivity contribution >= 4 is 0 Å². The molecule has 0 saturated carbocycles. The van der Waals surface area contributed by atoms with Gasteiger partial charge in [-0.2, -0.15) is 0 Å².